The van der Waals surface area contributed by atoms with E-state index in [2.05, 4.69) is 4.90 Å². The van der Waals surface area contributed by atoms with Gasteiger partial charge < -0.3 is 9.84 Å². The number of aliphatic hydroxyl groups excluding tert-OH is 1. The van der Waals surface area contributed by atoms with Crippen molar-refractivity contribution in [3.8, 4) is 0 Å². The van der Waals surface area contributed by atoms with Crippen LogP contribution in [0.1, 0.15) is 42.1 Å². The predicted molar refractivity (Wildman–Crippen MR) is 77.5 cm³/mol. The minimum absolute atomic E-state index is 0.202. The zero-order chi connectivity index (χ0) is 14.4. The van der Waals surface area contributed by atoms with Crippen molar-refractivity contribution in [1.82, 2.24) is 4.90 Å². The van der Waals surface area contributed by atoms with Crippen molar-refractivity contribution in [2.45, 2.75) is 38.8 Å². The standard InChI is InChI=1S/C16H23NO3/c1-2-10-20-16(19)14-7-5-13(6-8-14)11-17-9-3-4-15(18)12-17/h5-8,15,18H,2-4,9-12H2,1H3. The first-order valence-electron chi connectivity index (χ1n) is 7.35. The number of piperidine rings is 1. The molecule has 0 aromatic heterocycles. The van der Waals surface area contributed by atoms with Crippen LogP contribution in [0.15, 0.2) is 24.3 Å². The highest BCUT2D eigenvalue weighted by molar-refractivity contribution is 5.89. The molecule has 0 bridgehead atoms. The number of likely N-dealkylation sites (tertiary alicyclic amines) is 1. The molecule has 1 unspecified atom stereocenters. The number of nitrogens with zero attached hydrogens (tertiary/aromatic N) is 1. The summed E-state index contributed by atoms with van der Waals surface area (Å²) in [4.78, 5) is 13.9. The van der Waals surface area contributed by atoms with Crippen molar-refractivity contribution in [3.05, 3.63) is 35.4 Å². The van der Waals surface area contributed by atoms with Gasteiger partial charge in [-0.05, 0) is 43.5 Å². The van der Waals surface area contributed by atoms with E-state index in [0.717, 1.165) is 44.5 Å². The number of rotatable bonds is 5. The second kappa shape index (κ2) is 7.41. The molecule has 1 atom stereocenters. The van der Waals surface area contributed by atoms with Gasteiger partial charge in [0.15, 0.2) is 0 Å². The number of hydrogen-bond acceptors (Lipinski definition) is 4. The van der Waals surface area contributed by atoms with Crippen molar-refractivity contribution in [3.63, 3.8) is 0 Å². The van der Waals surface area contributed by atoms with Crippen LogP contribution in [-0.4, -0.2) is 41.8 Å². The Morgan fingerprint density at radius 1 is 1.40 bits per heavy atom. The lowest BCUT2D eigenvalue weighted by Gasteiger charge is -2.29. The van der Waals surface area contributed by atoms with Crippen LogP contribution < -0.4 is 0 Å². The van der Waals surface area contributed by atoms with E-state index in [4.69, 9.17) is 4.74 Å². The number of carbonyl (C=O) groups is 1. The van der Waals surface area contributed by atoms with Gasteiger partial charge in [0.25, 0.3) is 0 Å². The monoisotopic (exact) mass is 277 g/mol. The van der Waals surface area contributed by atoms with E-state index in [1.54, 1.807) is 0 Å². The molecule has 2 rings (SSSR count). The van der Waals surface area contributed by atoms with Crippen LogP contribution in [0.25, 0.3) is 0 Å². The Morgan fingerprint density at radius 2 is 2.15 bits per heavy atom. The van der Waals surface area contributed by atoms with Gasteiger partial charge in [0.2, 0.25) is 0 Å². The average molecular weight is 277 g/mol. The SMILES string of the molecule is CCCOC(=O)c1ccc(CN2CCCC(O)C2)cc1. The zero-order valence-electron chi connectivity index (χ0n) is 12.0. The van der Waals surface area contributed by atoms with Crippen LogP contribution in [-0.2, 0) is 11.3 Å². The maximum Gasteiger partial charge on any atom is 0.338 e. The summed E-state index contributed by atoms with van der Waals surface area (Å²) in [7, 11) is 0. The third-order valence-electron chi connectivity index (χ3n) is 3.51. The summed E-state index contributed by atoms with van der Waals surface area (Å²) in [5.41, 5.74) is 1.76. The van der Waals surface area contributed by atoms with Gasteiger partial charge in [0.05, 0.1) is 18.3 Å². The first kappa shape index (κ1) is 15.0. The minimum atomic E-state index is -0.258. The summed E-state index contributed by atoms with van der Waals surface area (Å²) < 4.78 is 5.10. The average Bonchev–Trinajstić information content (AvgIpc) is 2.45. The van der Waals surface area contributed by atoms with Gasteiger partial charge in [-0.2, -0.15) is 0 Å². The molecule has 0 spiro atoms. The molecule has 0 saturated carbocycles. The van der Waals surface area contributed by atoms with Crippen LogP contribution >= 0.6 is 0 Å². The number of carbonyl (C=O) groups excluding carboxylic acids is 1. The quantitative estimate of drug-likeness (QED) is 0.838. The molecule has 1 heterocycles. The molecule has 4 nitrogen and oxygen atoms in total. The first-order chi connectivity index (χ1) is 9.69. The highest BCUT2D eigenvalue weighted by Gasteiger charge is 2.17. The highest BCUT2D eigenvalue weighted by atomic mass is 16.5. The molecule has 1 aliphatic rings. The largest absolute Gasteiger partial charge is 0.462 e. The Labute approximate surface area is 120 Å². The first-order valence-corrected chi connectivity index (χ1v) is 7.35. The van der Waals surface area contributed by atoms with Gasteiger partial charge in [0.1, 0.15) is 0 Å². The van der Waals surface area contributed by atoms with Crippen molar-refractivity contribution < 1.29 is 14.6 Å². The molecule has 1 saturated heterocycles. The van der Waals surface area contributed by atoms with Crippen molar-refractivity contribution in [2.24, 2.45) is 0 Å². The lowest BCUT2D eigenvalue weighted by atomic mass is 10.1. The number of benzene rings is 1. The Bertz CT molecular complexity index is 430. The Kier molecular flexibility index (Phi) is 5.56. The van der Waals surface area contributed by atoms with Gasteiger partial charge in [-0.25, -0.2) is 4.79 Å². The van der Waals surface area contributed by atoms with E-state index in [9.17, 15) is 9.90 Å². The van der Waals surface area contributed by atoms with E-state index in [1.807, 2.05) is 31.2 Å². The zero-order valence-corrected chi connectivity index (χ0v) is 12.0. The summed E-state index contributed by atoms with van der Waals surface area (Å²) >= 11 is 0. The molecule has 4 heteroatoms. The lowest BCUT2D eigenvalue weighted by molar-refractivity contribution is 0.0505. The Hall–Kier alpha value is -1.39. The van der Waals surface area contributed by atoms with E-state index in [0.29, 0.717) is 12.2 Å². The summed E-state index contributed by atoms with van der Waals surface area (Å²) in [5, 5.41) is 9.65. The smallest absolute Gasteiger partial charge is 0.338 e. The number of hydrogen-bond donors (Lipinski definition) is 1. The Morgan fingerprint density at radius 3 is 2.80 bits per heavy atom. The molecule has 1 aromatic carbocycles. The van der Waals surface area contributed by atoms with Gasteiger partial charge >= 0.3 is 5.97 Å². The molecule has 1 aromatic rings. The van der Waals surface area contributed by atoms with Gasteiger partial charge in [-0.3, -0.25) is 4.90 Å². The highest BCUT2D eigenvalue weighted by Crippen LogP contribution is 2.14. The number of aliphatic hydroxyl groups is 1. The fourth-order valence-electron chi connectivity index (χ4n) is 2.46. The lowest BCUT2D eigenvalue weighted by Crippen LogP contribution is -2.37. The number of esters is 1. The third kappa shape index (κ3) is 4.32. The molecule has 1 fully saturated rings. The van der Waals surface area contributed by atoms with E-state index >= 15 is 0 Å². The maximum atomic E-state index is 11.7. The van der Waals surface area contributed by atoms with E-state index in [-0.39, 0.29) is 12.1 Å². The van der Waals surface area contributed by atoms with Crippen molar-refractivity contribution in [2.75, 3.05) is 19.7 Å². The second-order valence-corrected chi connectivity index (χ2v) is 5.36. The minimum Gasteiger partial charge on any atom is -0.462 e. The van der Waals surface area contributed by atoms with E-state index in [1.165, 1.54) is 0 Å². The fraction of sp³-hybridized carbons (Fsp3) is 0.562. The molecule has 0 radical (unpaired) electrons. The maximum absolute atomic E-state index is 11.7. The van der Waals surface area contributed by atoms with Crippen LogP contribution in [0.4, 0.5) is 0 Å². The fourth-order valence-corrected chi connectivity index (χ4v) is 2.46. The molecule has 1 aliphatic heterocycles. The summed E-state index contributed by atoms with van der Waals surface area (Å²) in [6, 6.07) is 7.55. The topological polar surface area (TPSA) is 49.8 Å². The molecule has 20 heavy (non-hydrogen) atoms. The molecule has 0 aliphatic carbocycles. The van der Waals surface area contributed by atoms with Crippen LogP contribution in [0.5, 0.6) is 0 Å². The molecule has 0 amide bonds. The second-order valence-electron chi connectivity index (χ2n) is 5.36. The molecular formula is C16H23NO3. The van der Waals surface area contributed by atoms with Crippen molar-refractivity contribution in [1.29, 1.82) is 0 Å². The summed E-state index contributed by atoms with van der Waals surface area (Å²) in [5.74, 6) is -0.258. The third-order valence-corrected chi connectivity index (χ3v) is 3.51. The summed E-state index contributed by atoms with van der Waals surface area (Å²) in [6.07, 6.45) is 2.58. The predicted octanol–water partition coefficient (Wildman–Crippen LogP) is 2.21. The normalized spacial score (nSPS) is 19.8. The molecule has 1 N–H and O–H groups in total. The number of β-amino-alcohol motifs (C(OH)–C–C–N with tert-alkyl or cyclic N) is 1. The molecular weight excluding hydrogens is 254 g/mol. The summed E-state index contributed by atoms with van der Waals surface area (Å²) in [6.45, 7) is 5.02. The number of ether oxygens (including phenoxy) is 1. The van der Waals surface area contributed by atoms with Crippen molar-refractivity contribution >= 4 is 5.97 Å². The van der Waals surface area contributed by atoms with E-state index < -0.39 is 0 Å². The van der Waals surface area contributed by atoms with Gasteiger partial charge in [-0.15, -0.1) is 0 Å². The van der Waals surface area contributed by atoms with Gasteiger partial charge in [-0.1, -0.05) is 19.1 Å². The van der Waals surface area contributed by atoms with Crippen LogP contribution in [0, 0.1) is 0 Å². The molecule has 110 valence electrons. The van der Waals surface area contributed by atoms with Gasteiger partial charge in [0, 0.05) is 13.1 Å². The van der Waals surface area contributed by atoms with Crippen LogP contribution in [0.3, 0.4) is 0 Å². The van der Waals surface area contributed by atoms with Crippen LogP contribution in [0.2, 0.25) is 0 Å². The Balaban J connectivity index is 1.89.